The summed E-state index contributed by atoms with van der Waals surface area (Å²) < 4.78 is 39.7. The Morgan fingerprint density at radius 2 is 2.05 bits per heavy atom. The van der Waals surface area contributed by atoms with Crippen LogP contribution in [-0.2, 0) is 12.7 Å². The molecule has 0 saturated carbocycles. The molecule has 3 heterocycles. The summed E-state index contributed by atoms with van der Waals surface area (Å²) in [4.78, 5) is 8.99. The maximum absolute atomic E-state index is 12.6. The highest BCUT2D eigenvalue weighted by Crippen LogP contribution is 2.31. The summed E-state index contributed by atoms with van der Waals surface area (Å²) in [7, 11) is 0. The zero-order chi connectivity index (χ0) is 15.0. The first kappa shape index (κ1) is 13.8. The zero-order valence-electron chi connectivity index (χ0n) is 11.4. The van der Waals surface area contributed by atoms with Crippen molar-refractivity contribution in [2.45, 2.75) is 19.6 Å². The third kappa shape index (κ3) is 2.98. The van der Waals surface area contributed by atoms with E-state index in [1.165, 1.54) is 0 Å². The first-order valence-corrected chi connectivity index (χ1v) is 6.55. The van der Waals surface area contributed by atoms with E-state index in [1.54, 1.807) is 6.20 Å². The molecule has 1 saturated heterocycles. The van der Waals surface area contributed by atoms with Crippen molar-refractivity contribution in [3.8, 4) is 0 Å². The average molecular weight is 297 g/mol. The second kappa shape index (κ2) is 5.01. The van der Waals surface area contributed by atoms with E-state index in [4.69, 9.17) is 0 Å². The van der Waals surface area contributed by atoms with Gasteiger partial charge in [-0.15, -0.1) is 0 Å². The van der Waals surface area contributed by atoms with E-state index in [0.717, 1.165) is 24.5 Å². The molecule has 1 aliphatic rings. The Bertz CT molecular complexity index is 631. The van der Waals surface area contributed by atoms with Crippen molar-refractivity contribution in [3.63, 3.8) is 0 Å². The molecule has 0 bridgehead atoms. The van der Waals surface area contributed by atoms with Crippen LogP contribution in [0, 0.1) is 12.8 Å². The predicted octanol–water partition coefficient (Wildman–Crippen LogP) is 2.14. The summed E-state index contributed by atoms with van der Waals surface area (Å²) in [5.74, 6) is 0.693. The smallest absolute Gasteiger partial charge is 0.356 e. The van der Waals surface area contributed by atoms with Crippen LogP contribution in [0.4, 0.5) is 19.0 Å². The molecule has 0 radical (unpaired) electrons. The minimum atomic E-state index is -4.44. The number of halogens is 3. The van der Waals surface area contributed by atoms with Crippen LogP contribution in [0.25, 0.3) is 0 Å². The lowest BCUT2D eigenvalue weighted by molar-refractivity contribution is -0.141. The monoisotopic (exact) mass is 297 g/mol. The van der Waals surface area contributed by atoms with Gasteiger partial charge in [0, 0.05) is 37.8 Å². The third-order valence-corrected chi connectivity index (χ3v) is 3.43. The molecule has 0 amide bonds. The summed E-state index contributed by atoms with van der Waals surface area (Å²) in [6.45, 7) is 4.08. The van der Waals surface area contributed by atoms with E-state index in [-0.39, 0.29) is 0 Å². The number of aryl methyl sites for hydroxylation is 1. The van der Waals surface area contributed by atoms with Gasteiger partial charge in [0.2, 0.25) is 0 Å². The molecule has 1 aliphatic heterocycles. The van der Waals surface area contributed by atoms with Crippen LogP contribution in [0.15, 0.2) is 24.8 Å². The lowest BCUT2D eigenvalue weighted by Crippen LogP contribution is -2.49. The van der Waals surface area contributed by atoms with E-state index in [0.29, 0.717) is 24.8 Å². The fourth-order valence-corrected chi connectivity index (χ4v) is 2.38. The van der Waals surface area contributed by atoms with E-state index >= 15 is 0 Å². The SMILES string of the molecule is Cc1cnn(CC2CN(c3cc(C(F)(F)F)ncn3)C2)c1. The van der Waals surface area contributed by atoms with Gasteiger partial charge >= 0.3 is 6.18 Å². The second-order valence-corrected chi connectivity index (χ2v) is 5.27. The standard InChI is InChI=1S/C13H14F3N5/c1-9-3-19-21(4-9)7-10-5-20(6-10)12-2-11(13(14,15)16)17-8-18-12/h2-4,8,10H,5-7H2,1H3. The number of anilines is 1. The van der Waals surface area contributed by atoms with Crippen LogP contribution in [0.3, 0.4) is 0 Å². The molecule has 0 aliphatic carbocycles. The van der Waals surface area contributed by atoms with E-state index < -0.39 is 11.9 Å². The number of nitrogens with zero attached hydrogens (tertiary/aromatic N) is 5. The molecular formula is C13H14F3N5. The maximum atomic E-state index is 12.6. The van der Waals surface area contributed by atoms with Crippen LogP contribution in [-0.4, -0.2) is 32.8 Å². The topological polar surface area (TPSA) is 46.8 Å². The predicted molar refractivity (Wildman–Crippen MR) is 69.7 cm³/mol. The van der Waals surface area contributed by atoms with Gasteiger partial charge in [0.15, 0.2) is 0 Å². The quantitative estimate of drug-likeness (QED) is 0.871. The number of hydrogen-bond acceptors (Lipinski definition) is 4. The summed E-state index contributed by atoms with van der Waals surface area (Å²) in [5.41, 5.74) is 0.190. The Morgan fingerprint density at radius 1 is 1.29 bits per heavy atom. The van der Waals surface area contributed by atoms with Crippen LogP contribution in [0.2, 0.25) is 0 Å². The molecule has 1 fully saturated rings. The fraction of sp³-hybridized carbons (Fsp3) is 0.462. The van der Waals surface area contributed by atoms with Crippen molar-refractivity contribution in [3.05, 3.63) is 36.0 Å². The molecule has 112 valence electrons. The van der Waals surface area contributed by atoms with Crippen molar-refractivity contribution >= 4 is 5.82 Å². The van der Waals surface area contributed by atoms with Crippen molar-refractivity contribution in [2.24, 2.45) is 5.92 Å². The van der Waals surface area contributed by atoms with Crippen molar-refractivity contribution in [2.75, 3.05) is 18.0 Å². The number of alkyl halides is 3. The second-order valence-electron chi connectivity index (χ2n) is 5.27. The normalized spacial score (nSPS) is 16.1. The van der Waals surface area contributed by atoms with Gasteiger partial charge in [-0.2, -0.15) is 18.3 Å². The Kier molecular flexibility index (Phi) is 3.30. The van der Waals surface area contributed by atoms with Crippen LogP contribution >= 0.6 is 0 Å². The summed E-state index contributed by atoms with van der Waals surface area (Å²) in [6, 6.07) is 0.994. The van der Waals surface area contributed by atoms with E-state index in [9.17, 15) is 13.2 Å². The molecule has 0 aromatic carbocycles. The largest absolute Gasteiger partial charge is 0.433 e. The zero-order valence-corrected chi connectivity index (χ0v) is 11.4. The van der Waals surface area contributed by atoms with Gasteiger partial charge in [-0.05, 0) is 12.5 Å². The molecule has 21 heavy (non-hydrogen) atoms. The van der Waals surface area contributed by atoms with Crippen molar-refractivity contribution in [1.82, 2.24) is 19.7 Å². The van der Waals surface area contributed by atoms with Crippen LogP contribution in [0.1, 0.15) is 11.3 Å². The molecule has 3 rings (SSSR count). The molecule has 0 spiro atoms. The third-order valence-electron chi connectivity index (χ3n) is 3.43. The van der Waals surface area contributed by atoms with Gasteiger partial charge in [0.05, 0.1) is 6.20 Å². The maximum Gasteiger partial charge on any atom is 0.433 e. The molecule has 2 aromatic heterocycles. The molecule has 8 heteroatoms. The van der Waals surface area contributed by atoms with Gasteiger partial charge in [-0.3, -0.25) is 4.68 Å². The highest BCUT2D eigenvalue weighted by atomic mass is 19.4. The lowest BCUT2D eigenvalue weighted by atomic mass is 10.0. The summed E-state index contributed by atoms with van der Waals surface area (Å²) in [5, 5.41) is 4.21. The Labute approximate surface area is 119 Å². The molecule has 0 unspecified atom stereocenters. The van der Waals surface area contributed by atoms with E-state index in [1.807, 2.05) is 22.7 Å². The van der Waals surface area contributed by atoms with E-state index in [2.05, 4.69) is 15.1 Å². The van der Waals surface area contributed by atoms with Crippen LogP contribution in [0.5, 0.6) is 0 Å². The average Bonchev–Trinajstić information content (AvgIpc) is 2.78. The van der Waals surface area contributed by atoms with Gasteiger partial charge in [0.25, 0.3) is 0 Å². The van der Waals surface area contributed by atoms with Gasteiger partial charge in [0.1, 0.15) is 17.8 Å². The number of hydrogen-bond donors (Lipinski definition) is 0. The Balaban J connectivity index is 1.61. The highest BCUT2D eigenvalue weighted by molar-refractivity contribution is 5.42. The molecule has 5 nitrogen and oxygen atoms in total. The highest BCUT2D eigenvalue weighted by Gasteiger charge is 2.35. The van der Waals surface area contributed by atoms with Crippen molar-refractivity contribution in [1.29, 1.82) is 0 Å². The Hall–Kier alpha value is -2.12. The van der Waals surface area contributed by atoms with Crippen molar-refractivity contribution < 1.29 is 13.2 Å². The van der Waals surface area contributed by atoms with Gasteiger partial charge in [-0.1, -0.05) is 0 Å². The van der Waals surface area contributed by atoms with Gasteiger partial charge in [-0.25, -0.2) is 9.97 Å². The molecular weight excluding hydrogens is 283 g/mol. The summed E-state index contributed by atoms with van der Waals surface area (Å²) in [6.07, 6.45) is 0.266. The minimum Gasteiger partial charge on any atom is -0.356 e. The van der Waals surface area contributed by atoms with Gasteiger partial charge < -0.3 is 4.90 Å². The molecule has 0 atom stereocenters. The minimum absolute atomic E-state index is 0.324. The fourth-order valence-electron chi connectivity index (χ4n) is 2.38. The number of rotatable bonds is 3. The molecule has 0 N–H and O–H groups in total. The Morgan fingerprint density at radius 3 is 2.67 bits per heavy atom. The first-order valence-electron chi connectivity index (χ1n) is 6.55. The summed E-state index contributed by atoms with van der Waals surface area (Å²) >= 11 is 0. The van der Waals surface area contributed by atoms with Crippen LogP contribution < -0.4 is 4.90 Å². The molecule has 2 aromatic rings. The first-order chi connectivity index (χ1) is 9.91. The lowest BCUT2D eigenvalue weighted by Gasteiger charge is -2.40. The number of aromatic nitrogens is 4.